The van der Waals surface area contributed by atoms with Crippen molar-refractivity contribution in [2.75, 3.05) is 7.11 Å². The van der Waals surface area contributed by atoms with Crippen molar-refractivity contribution in [3.63, 3.8) is 0 Å². The van der Waals surface area contributed by atoms with Crippen molar-refractivity contribution in [3.8, 4) is 17.0 Å². The van der Waals surface area contributed by atoms with Crippen LogP contribution in [-0.4, -0.2) is 28.2 Å². The Morgan fingerprint density at radius 2 is 1.72 bits per heavy atom. The van der Waals surface area contributed by atoms with Crippen LogP contribution in [0.1, 0.15) is 21.6 Å². The molecule has 0 bridgehead atoms. The summed E-state index contributed by atoms with van der Waals surface area (Å²) in [5.74, 6) is -0.170. The molecule has 1 N–H and O–H groups in total. The molecule has 3 aromatic rings. The average molecular weight is 420 g/mol. The van der Waals surface area contributed by atoms with Crippen LogP contribution in [0.3, 0.4) is 0 Å². The number of benzene rings is 2. The van der Waals surface area contributed by atoms with Gasteiger partial charge in [0.15, 0.2) is 5.16 Å². The lowest BCUT2D eigenvalue weighted by molar-refractivity contribution is -0.141. The van der Waals surface area contributed by atoms with E-state index in [4.69, 9.17) is 9.84 Å². The third-order valence-corrected chi connectivity index (χ3v) is 4.87. The third kappa shape index (κ3) is 5.26. The molecule has 3 rings (SSSR count). The molecule has 150 valence electrons. The zero-order chi connectivity index (χ0) is 21.0. The van der Waals surface area contributed by atoms with Gasteiger partial charge in [-0.2, -0.15) is 13.2 Å². The topological polar surface area (TPSA) is 72.3 Å². The number of alkyl halides is 3. The first-order chi connectivity index (χ1) is 13.8. The standard InChI is InChI=1S/C20H15F3N2O3S/c1-28-15-8-6-13(7-9-15)16-10-17(20(21,22)23)25-19(24-16)29-11-12-2-4-14(5-3-12)18(26)27/h2-10H,11H2,1H3,(H,26,27). The van der Waals surface area contributed by atoms with Gasteiger partial charge in [0, 0.05) is 11.3 Å². The number of halogens is 3. The van der Waals surface area contributed by atoms with Gasteiger partial charge in [-0.25, -0.2) is 14.8 Å². The van der Waals surface area contributed by atoms with E-state index < -0.39 is 17.8 Å². The molecule has 0 aliphatic carbocycles. The maximum atomic E-state index is 13.3. The fourth-order valence-electron chi connectivity index (χ4n) is 2.44. The molecule has 0 unspecified atom stereocenters. The number of aromatic carboxylic acids is 1. The zero-order valence-electron chi connectivity index (χ0n) is 15.1. The SMILES string of the molecule is COc1ccc(-c2cc(C(F)(F)F)nc(SCc3ccc(C(=O)O)cc3)n2)cc1. The van der Waals surface area contributed by atoms with Crippen LogP contribution in [0, 0.1) is 0 Å². The number of hydrogen-bond donors (Lipinski definition) is 1. The smallest absolute Gasteiger partial charge is 0.433 e. The van der Waals surface area contributed by atoms with Crippen molar-refractivity contribution in [1.82, 2.24) is 9.97 Å². The van der Waals surface area contributed by atoms with E-state index in [9.17, 15) is 18.0 Å². The molecule has 0 spiro atoms. The summed E-state index contributed by atoms with van der Waals surface area (Å²) >= 11 is 1.04. The summed E-state index contributed by atoms with van der Waals surface area (Å²) in [6.45, 7) is 0. The van der Waals surface area contributed by atoms with Crippen LogP contribution < -0.4 is 4.74 Å². The van der Waals surface area contributed by atoms with Crippen molar-refractivity contribution in [1.29, 1.82) is 0 Å². The third-order valence-electron chi connectivity index (χ3n) is 3.95. The number of carboxylic acid groups (broad SMARTS) is 1. The minimum absolute atomic E-state index is 0.0204. The van der Waals surface area contributed by atoms with Gasteiger partial charge >= 0.3 is 12.1 Å². The quantitative estimate of drug-likeness (QED) is 0.439. The van der Waals surface area contributed by atoms with Crippen LogP contribution in [0.25, 0.3) is 11.3 Å². The summed E-state index contributed by atoms with van der Waals surface area (Å²) < 4.78 is 44.9. The van der Waals surface area contributed by atoms with Crippen molar-refractivity contribution in [2.24, 2.45) is 0 Å². The Morgan fingerprint density at radius 1 is 1.07 bits per heavy atom. The Balaban J connectivity index is 1.87. The predicted octanol–water partition coefficient (Wildman–Crippen LogP) is 5.16. The molecular weight excluding hydrogens is 405 g/mol. The summed E-state index contributed by atoms with van der Waals surface area (Å²) in [6, 6.07) is 13.5. The molecule has 2 aromatic carbocycles. The Hall–Kier alpha value is -3.07. The summed E-state index contributed by atoms with van der Waals surface area (Å²) in [6.07, 6.45) is -4.61. The molecule has 0 radical (unpaired) electrons. The van der Waals surface area contributed by atoms with Gasteiger partial charge in [-0.15, -0.1) is 0 Å². The van der Waals surface area contributed by atoms with E-state index in [0.29, 0.717) is 17.1 Å². The summed E-state index contributed by atoms with van der Waals surface area (Å²) in [5.41, 5.74) is 0.509. The molecule has 0 aliphatic rings. The van der Waals surface area contributed by atoms with Crippen molar-refractivity contribution in [2.45, 2.75) is 17.1 Å². The number of aromatic nitrogens is 2. The monoisotopic (exact) mass is 420 g/mol. The Morgan fingerprint density at radius 3 is 2.28 bits per heavy atom. The number of carboxylic acids is 1. The van der Waals surface area contributed by atoms with Crippen LogP contribution >= 0.6 is 11.8 Å². The highest BCUT2D eigenvalue weighted by Gasteiger charge is 2.33. The minimum Gasteiger partial charge on any atom is -0.497 e. The second-order valence-electron chi connectivity index (χ2n) is 5.94. The van der Waals surface area contributed by atoms with Gasteiger partial charge in [0.25, 0.3) is 0 Å². The molecule has 0 fully saturated rings. The summed E-state index contributed by atoms with van der Waals surface area (Å²) in [4.78, 5) is 18.8. The molecule has 0 atom stereocenters. The molecule has 1 aromatic heterocycles. The molecule has 0 saturated heterocycles. The second kappa shape index (κ2) is 8.52. The highest BCUT2D eigenvalue weighted by molar-refractivity contribution is 7.98. The first kappa shape index (κ1) is 20.7. The van der Waals surface area contributed by atoms with Crippen LogP contribution in [0.2, 0.25) is 0 Å². The number of carbonyl (C=O) groups is 1. The molecule has 29 heavy (non-hydrogen) atoms. The fourth-order valence-corrected chi connectivity index (χ4v) is 3.25. The van der Waals surface area contributed by atoms with Crippen LogP contribution in [0.5, 0.6) is 5.75 Å². The number of hydrogen-bond acceptors (Lipinski definition) is 5. The number of ether oxygens (including phenoxy) is 1. The molecule has 9 heteroatoms. The normalized spacial score (nSPS) is 11.3. The number of methoxy groups -OCH3 is 1. The number of rotatable bonds is 6. The van der Waals surface area contributed by atoms with Crippen molar-refractivity contribution < 1.29 is 27.8 Å². The van der Waals surface area contributed by atoms with E-state index in [1.165, 1.54) is 19.2 Å². The maximum absolute atomic E-state index is 13.3. The minimum atomic E-state index is -4.61. The molecule has 0 saturated carbocycles. The first-order valence-corrected chi connectivity index (χ1v) is 9.30. The Labute approximate surface area is 168 Å². The van der Waals surface area contributed by atoms with E-state index >= 15 is 0 Å². The summed E-state index contributed by atoms with van der Waals surface area (Å²) in [5, 5.41) is 8.90. The van der Waals surface area contributed by atoms with Gasteiger partial charge in [-0.1, -0.05) is 23.9 Å². The van der Waals surface area contributed by atoms with Crippen LogP contribution in [-0.2, 0) is 11.9 Å². The summed E-state index contributed by atoms with van der Waals surface area (Å²) in [7, 11) is 1.50. The predicted molar refractivity (Wildman–Crippen MR) is 102 cm³/mol. The van der Waals surface area contributed by atoms with E-state index in [2.05, 4.69) is 9.97 Å². The molecule has 0 amide bonds. The lowest BCUT2D eigenvalue weighted by Crippen LogP contribution is -2.10. The van der Waals surface area contributed by atoms with Crippen LogP contribution in [0.15, 0.2) is 59.8 Å². The highest BCUT2D eigenvalue weighted by Crippen LogP contribution is 2.33. The van der Waals surface area contributed by atoms with Gasteiger partial charge in [0.1, 0.15) is 11.4 Å². The Bertz CT molecular complexity index is 1010. The van der Waals surface area contributed by atoms with Crippen molar-refractivity contribution >= 4 is 17.7 Å². The molecule has 1 heterocycles. The zero-order valence-corrected chi connectivity index (χ0v) is 15.9. The number of nitrogens with zero attached hydrogens (tertiary/aromatic N) is 2. The van der Waals surface area contributed by atoms with Crippen molar-refractivity contribution in [3.05, 3.63) is 71.4 Å². The Kier molecular flexibility index (Phi) is 6.07. The molecule has 5 nitrogen and oxygen atoms in total. The van der Waals surface area contributed by atoms with Gasteiger partial charge in [0.05, 0.1) is 18.4 Å². The largest absolute Gasteiger partial charge is 0.497 e. The first-order valence-electron chi connectivity index (χ1n) is 8.32. The van der Waals surface area contributed by atoms with E-state index in [1.807, 2.05) is 0 Å². The van der Waals surface area contributed by atoms with E-state index in [0.717, 1.165) is 23.4 Å². The number of thioether (sulfide) groups is 1. The highest BCUT2D eigenvalue weighted by atomic mass is 32.2. The lowest BCUT2D eigenvalue weighted by Gasteiger charge is -2.11. The maximum Gasteiger partial charge on any atom is 0.433 e. The van der Waals surface area contributed by atoms with Crippen LogP contribution in [0.4, 0.5) is 13.2 Å². The second-order valence-corrected chi connectivity index (χ2v) is 6.88. The molecule has 0 aliphatic heterocycles. The van der Waals surface area contributed by atoms with E-state index in [-0.39, 0.29) is 16.4 Å². The van der Waals surface area contributed by atoms with Gasteiger partial charge in [-0.3, -0.25) is 0 Å². The van der Waals surface area contributed by atoms with E-state index in [1.54, 1.807) is 36.4 Å². The lowest BCUT2D eigenvalue weighted by atomic mass is 10.1. The van der Waals surface area contributed by atoms with Gasteiger partial charge in [0.2, 0.25) is 0 Å². The average Bonchev–Trinajstić information content (AvgIpc) is 2.71. The fraction of sp³-hybridized carbons (Fsp3) is 0.150. The molecular formula is C20H15F3N2O3S. The van der Waals surface area contributed by atoms with Gasteiger partial charge < -0.3 is 9.84 Å². The van der Waals surface area contributed by atoms with Gasteiger partial charge in [-0.05, 0) is 48.0 Å².